The number of aryl methyl sites for hydroxylation is 2. The zero-order valence-electron chi connectivity index (χ0n) is 14.6. The molecule has 0 N–H and O–H groups in total. The van der Waals surface area contributed by atoms with Crippen molar-refractivity contribution in [1.29, 1.82) is 0 Å². The molecular formula is C18H22N6O. The smallest absolute Gasteiger partial charge is 0.266 e. The maximum atomic E-state index is 12.0. The molecule has 7 nitrogen and oxygen atoms in total. The topological polar surface area (TPSA) is 68.3 Å². The molecule has 0 bridgehead atoms. The van der Waals surface area contributed by atoms with E-state index in [4.69, 9.17) is 0 Å². The van der Waals surface area contributed by atoms with E-state index < -0.39 is 0 Å². The van der Waals surface area contributed by atoms with Gasteiger partial charge in [-0.1, -0.05) is 0 Å². The molecule has 0 atom stereocenters. The minimum Gasteiger partial charge on any atom is -0.356 e. The number of rotatable bonds is 3. The Morgan fingerprint density at radius 2 is 1.92 bits per heavy atom. The molecule has 0 unspecified atom stereocenters. The van der Waals surface area contributed by atoms with E-state index in [2.05, 4.69) is 26.1 Å². The molecule has 0 amide bonds. The lowest BCUT2D eigenvalue weighted by atomic mass is 9.97. The number of aromatic nitrogens is 5. The summed E-state index contributed by atoms with van der Waals surface area (Å²) in [7, 11) is 0. The lowest BCUT2D eigenvalue weighted by Gasteiger charge is -2.33. The van der Waals surface area contributed by atoms with E-state index in [0.29, 0.717) is 12.5 Å². The summed E-state index contributed by atoms with van der Waals surface area (Å²) in [6.07, 6.45) is 3.85. The molecule has 1 aliphatic rings. The van der Waals surface area contributed by atoms with Gasteiger partial charge in [0.2, 0.25) is 0 Å². The van der Waals surface area contributed by atoms with Crippen molar-refractivity contribution in [2.45, 2.75) is 33.2 Å². The van der Waals surface area contributed by atoms with E-state index in [0.717, 1.165) is 48.8 Å². The van der Waals surface area contributed by atoms with Crippen LogP contribution in [0.1, 0.15) is 24.2 Å². The maximum absolute atomic E-state index is 12.0. The van der Waals surface area contributed by atoms with Crippen LogP contribution in [0.4, 0.5) is 5.82 Å². The summed E-state index contributed by atoms with van der Waals surface area (Å²) in [6, 6.07) is 7.39. The maximum Gasteiger partial charge on any atom is 0.266 e. The second-order valence-electron chi connectivity index (χ2n) is 6.78. The van der Waals surface area contributed by atoms with E-state index in [-0.39, 0.29) is 5.56 Å². The van der Waals surface area contributed by atoms with Crippen LogP contribution in [0.2, 0.25) is 0 Å². The summed E-state index contributed by atoms with van der Waals surface area (Å²) in [6.45, 7) is 6.52. The Morgan fingerprint density at radius 3 is 2.72 bits per heavy atom. The van der Waals surface area contributed by atoms with Gasteiger partial charge >= 0.3 is 0 Å². The van der Waals surface area contributed by atoms with Crippen LogP contribution in [0, 0.1) is 19.8 Å². The Labute approximate surface area is 145 Å². The molecule has 0 aromatic carbocycles. The Kier molecular flexibility index (Phi) is 3.99. The highest BCUT2D eigenvalue weighted by Crippen LogP contribution is 2.24. The van der Waals surface area contributed by atoms with Gasteiger partial charge in [-0.2, -0.15) is 14.7 Å². The first-order chi connectivity index (χ1) is 12.1. The van der Waals surface area contributed by atoms with Crippen LogP contribution >= 0.6 is 0 Å². The van der Waals surface area contributed by atoms with E-state index in [1.807, 2.05) is 24.4 Å². The van der Waals surface area contributed by atoms with Gasteiger partial charge in [-0.3, -0.25) is 4.79 Å². The summed E-state index contributed by atoms with van der Waals surface area (Å²) in [5.74, 6) is 1.57. The molecule has 1 saturated heterocycles. The van der Waals surface area contributed by atoms with Crippen LogP contribution in [0.5, 0.6) is 0 Å². The number of nitrogens with zero attached hydrogens (tertiary/aromatic N) is 6. The molecule has 25 heavy (non-hydrogen) atoms. The number of anilines is 1. The molecule has 1 aliphatic heterocycles. The van der Waals surface area contributed by atoms with E-state index in [9.17, 15) is 4.79 Å². The van der Waals surface area contributed by atoms with Gasteiger partial charge in [-0.15, -0.1) is 0 Å². The van der Waals surface area contributed by atoms with Gasteiger partial charge in [0.25, 0.3) is 5.56 Å². The van der Waals surface area contributed by atoms with Crippen molar-refractivity contribution in [3.05, 3.63) is 52.2 Å². The third-order valence-corrected chi connectivity index (χ3v) is 4.84. The minimum absolute atomic E-state index is 0.0176. The van der Waals surface area contributed by atoms with Crippen LogP contribution in [0.3, 0.4) is 0 Å². The van der Waals surface area contributed by atoms with E-state index in [1.165, 1.54) is 0 Å². The third kappa shape index (κ3) is 3.14. The molecule has 3 aromatic heterocycles. The van der Waals surface area contributed by atoms with Crippen molar-refractivity contribution >= 4 is 11.5 Å². The number of hydrogen-bond donors (Lipinski definition) is 0. The van der Waals surface area contributed by atoms with Crippen molar-refractivity contribution in [3.63, 3.8) is 0 Å². The van der Waals surface area contributed by atoms with Crippen molar-refractivity contribution in [1.82, 2.24) is 24.4 Å². The first-order valence-corrected chi connectivity index (χ1v) is 8.71. The largest absolute Gasteiger partial charge is 0.356 e. The lowest BCUT2D eigenvalue weighted by Crippen LogP contribution is -2.37. The Balaban J connectivity index is 1.48. The van der Waals surface area contributed by atoms with Crippen molar-refractivity contribution in [3.8, 4) is 0 Å². The fraction of sp³-hybridized carbons (Fsp3) is 0.444. The Hall–Kier alpha value is -2.70. The molecule has 7 heteroatoms. The molecule has 4 heterocycles. The summed E-state index contributed by atoms with van der Waals surface area (Å²) < 4.78 is 3.51. The van der Waals surface area contributed by atoms with E-state index in [1.54, 1.807) is 23.0 Å². The molecule has 130 valence electrons. The summed E-state index contributed by atoms with van der Waals surface area (Å²) in [5, 5.41) is 8.76. The van der Waals surface area contributed by atoms with Crippen molar-refractivity contribution < 1.29 is 0 Å². The van der Waals surface area contributed by atoms with Gasteiger partial charge in [0.15, 0.2) is 5.65 Å². The van der Waals surface area contributed by atoms with Crippen LogP contribution in [0.25, 0.3) is 5.65 Å². The molecular weight excluding hydrogens is 316 g/mol. The second kappa shape index (κ2) is 6.31. The molecule has 3 aromatic rings. The minimum atomic E-state index is -0.0176. The highest BCUT2D eigenvalue weighted by atomic mass is 16.1. The Morgan fingerprint density at radius 1 is 1.12 bits per heavy atom. The van der Waals surface area contributed by atoms with Crippen LogP contribution in [-0.2, 0) is 6.54 Å². The molecule has 1 fully saturated rings. The predicted octanol–water partition coefficient (Wildman–Crippen LogP) is 1.82. The summed E-state index contributed by atoms with van der Waals surface area (Å²) in [5.41, 5.74) is 2.75. The van der Waals surface area contributed by atoms with Crippen molar-refractivity contribution in [2.75, 3.05) is 18.0 Å². The van der Waals surface area contributed by atoms with Crippen molar-refractivity contribution in [2.24, 2.45) is 5.92 Å². The van der Waals surface area contributed by atoms with Crippen LogP contribution in [0.15, 0.2) is 35.3 Å². The average molecular weight is 338 g/mol. The SMILES string of the molecule is Cc1cc(N2CCC(Cn3nc(C)ccc3=O)CC2)n2nccc2n1. The van der Waals surface area contributed by atoms with Gasteiger partial charge in [0, 0.05) is 43.5 Å². The van der Waals surface area contributed by atoms with E-state index >= 15 is 0 Å². The van der Waals surface area contributed by atoms with Crippen LogP contribution < -0.4 is 10.5 Å². The second-order valence-corrected chi connectivity index (χ2v) is 6.78. The molecule has 4 rings (SSSR count). The standard InChI is InChI=1S/C18H22N6O/c1-13-3-4-18(25)23(21-13)12-15-6-9-22(10-7-15)17-11-14(2)20-16-5-8-19-24(16)17/h3-5,8,11,15H,6-7,9-10,12H2,1-2H3. The quantitative estimate of drug-likeness (QED) is 0.729. The van der Waals surface area contributed by atoms with Crippen LogP contribution in [-0.4, -0.2) is 37.5 Å². The summed E-state index contributed by atoms with van der Waals surface area (Å²) in [4.78, 5) is 18.8. The number of hydrogen-bond acceptors (Lipinski definition) is 5. The van der Waals surface area contributed by atoms with Gasteiger partial charge < -0.3 is 4.90 Å². The monoisotopic (exact) mass is 338 g/mol. The summed E-state index contributed by atoms with van der Waals surface area (Å²) >= 11 is 0. The molecule has 0 radical (unpaired) electrons. The first kappa shape index (κ1) is 15.8. The average Bonchev–Trinajstić information content (AvgIpc) is 3.06. The number of fused-ring (bicyclic) bond motifs is 1. The fourth-order valence-electron chi connectivity index (χ4n) is 3.51. The zero-order chi connectivity index (χ0) is 17.4. The highest BCUT2D eigenvalue weighted by Gasteiger charge is 2.22. The third-order valence-electron chi connectivity index (χ3n) is 4.84. The predicted molar refractivity (Wildman–Crippen MR) is 95.9 cm³/mol. The van der Waals surface area contributed by atoms with Gasteiger partial charge in [-0.05, 0) is 38.7 Å². The van der Waals surface area contributed by atoms with Gasteiger partial charge in [0.05, 0.1) is 11.9 Å². The van der Waals surface area contributed by atoms with Gasteiger partial charge in [0.1, 0.15) is 5.82 Å². The fourth-order valence-corrected chi connectivity index (χ4v) is 3.51. The number of piperidine rings is 1. The molecule has 0 saturated carbocycles. The molecule has 0 spiro atoms. The van der Waals surface area contributed by atoms with Gasteiger partial charge in [-0.25, -0.2) is 9.67 Å². The highest BCUT2D eigenvalue weighted by molar-refractivity contribution is 5.50. The Bertz CT molecular complexity index is 952. The first-order valence-electron chi connectivity index (χ1n) is 8.71. The zero-order valence-corrected chi connectivity index (χ0v) is 14.6. The molecule has 0 aliphatic carbocycles. The lowest BCUT2D eigenvalue weighted by molar-refractivity contribution is 0.333. The normalized spacial score (nSPS) is 15.8.